The summed E-state index contributed by atoms with van der Waals surface area (Å²) in [7, 11) is 1.62. The van der Waals surface area contributed by atoms with Gasteiger partial charge in [-0.1, -0.05) is 53.4 Å². The van der Waals surface area contributed by atoms with E-state index in [0.717, 1.165) is 42.8 Å². The van der Waals surface area contributed by atoms with E-state index in [1.165, 1.54) is 6.42 Å². The highest BCUT2D eigenvalue weighted by Crippen LogP contribution is 2.34. The number of nitrogens with one attached hydrogen (secondary N) is 1. The van der Waals surface area contributed by atoms with Gasteiger partial charge in [0.1, 0.15) is 0 Å². The van der Waals surface area contributed by atoms with E-state index in [-0.39, 0.29) is 18.9 Å². The van der Waals surface area contributed by atoms with Crippen LogP contribution in [0, 0.1) is 0 Å². The van der Waals surface area contributed by atoms with Gasteiger partial charge in [-0.05, 0) is 43.2 Å². The van der Waals surface area contributed by atoms with E-state index >= 15 is 0 Å². The van der Waals surface area contributed by atoms with Crippen LogP contribution in [-0.4, -0.2) is 40.9 Å². The normalized spacial score (nSPS) is 14.4. The van der Waals surface area contributed by atoms with Gasteiger partial charge in [-0.15, -0.1) is 0 Å². The molecule has 174 valence electrons. The van der Waals surface area contributed by atoms with Gasteiger partial charge in [-0.25, -0.2) is 9.69 Å². The third-order valence-corrected chi connectivity index (χ3v) is 6.37. The molecular weight excluding hydrogens is 483 g/mol. The number of methoxy groups -OCH3 is 1. The first-order chi connectivity index (χ1) is 16.0. The lowest BCUT2D eigenvalue weighted by atomic mass is 10.0. The van der Waals surface area contributed by atoms with E-state index in [1.807, 2.05) is 35.3 Å². The summed E-state index contributed by atoms with van der Waals surface area (Å²) in [5.74, 6) is -0.108. The van der Waals surface area contributed by atoms with Crippen molar-refractivity contribution in [2.24, 2.45) is 0 Å². The summed E-state index contributed by atoms with van der Waals surface area (Å²) in [6, 6.07) is 12.7. The van der Waals surface area contributed by atoms with Crippen molar-refractivity contribution >= 4 is 40.7 Å². The van der Waals surface area contributed by atoms with Gasteiger partial charge < -0.3 is 4.74 Å². The average molecular weight is 508 g/mol. The molecule has 9 heteroatoms. The van der Waals surface area contributed by atoms with Crippen LogP contribution in [0.2, 0.25) is 15.1 Å². The van der Waals surface area contributed by atoms with Crippen LogP contribution in [-0.2, 0) is 22.6 Å². The Morgan fingerprint density at radius 1 is 1.03 bits per heavy atom. The molecule has 1 aliphatic heterocycles. The van der Waals surface area contributed by atoms with Crippen LogP contribution in [0.5, 0.6) is 0 Å². The van der Waals surface area contributed by atoms with Gasteiger partial charge in [0, 0.05) is 41.4 Å². The Balaban J connectivity index is 1.77. The second-order valence-electron chi connectivity index (χ2n) is 7.98. The van der Waals surface area contributed by atoms with E-state index in [1.54, 1.807) is 23.9 Å². The van der Waals surface area contributed by atoms with Crippen LogP contribution >= 0.6 is 34.8 Å². The number of ether oxygens (including phenoxy) is 1. The Bertz CT molecular complexity index is 1130. The maximum Gasteiger partial charge on any atom is 0.240 e. The van der Waals surface area contributed by atoms with Gasteiger partial charge in [0.15, 0.2) is 0 Å². The highest BCUT2D eigenvalue weighted by molar-refractivity contribution is 6.35. The fourth-order valence-corrected chi connectivity index (χ4v) is 4.65. The molecule has 0 radical (unpaired) electrons. The van der Waals surface area contributed by atoms with E-state index in [0.29, 0.717) is 26.4 Å². The summed E-state index contributed by atoms with van der Waals surface area (Å²) < 4.78 is 7.26. The Morgan fingerprint density at radius 3 is 2.39 bits per heavy atom. The smallest absolute Gasteiger partial charge is 0.240 e. The van der Waals surface area contributed by atoms with Gasteiger partial charge in [0.2, 0.25) is 5.91 Å². The maximum atomic E-state index is 12.9. The zero-order valence-electron chi connectivity index (χ0n) is 18.3. The number of nitrogens with zero attached hydrogens (tertiary/aromatic N) is 3. The van der Waals surface area contributed by atoms with Crippen molar-refractivity contribution in [2.45, 2.75) is 32.3 Å². The minimum absolute atomic E-state index is 0.108. The fourth-order valence-electron chi connectivity index (χ4n) is 4.04. The lowest BCUT2D eigenvalue weighted by Crippen LogP contribution is -2.45. The minimum Gasteiger partial charge on any atom is -0.380 e. The number of amides is 1. The summed E-state index contributed by atoms with van der Waals surface area (Å²) in [6.07, 6.45) is 3.48. The monoisotopic (exact) mass is 506 g/mol. The number of halogens is 3. The third-order valence-electron chi connectivity index (χ3n) is 5.58. The molecular formula is C24H25Cl3N4O2. The Labute approximate surface area is 208 Å². The van der Waals surface area contributed by atoms with Crippen LogP contribution in [0.3, 0.4) is 0 Å². The number of piperidine rings is 1. The molecule has 0 aliphatic carbocycles. The van der Waals surface area contributed by atoms with E-state index < -0.39 is 0 Å². The molecule has 0 saturated carbocycles. The summed E-state index contributed by atoms with van der Waals surface area (Å²) in [5.41, 5.74) is 6.79. The highest BCUT2D eigenvalue weighted by Gasteiger charge is 2.24. The number of hydrogen-bond acceptors (Lipinski definition) is 4. The number of carbonyl (C=O) groups is 1. The van der Waals surface area contributed by atoms with Crippen molar-refractivity contribution in [2.75, 3.05) is 20.2 Å². The number of rotatable bonds is 7. The summed E-state index contributed by atoms with van der Waals surface area (Å²) in [5, 5.41) is 8.41. The average Bonchev–Trinajstić information content (AvgIpc) is 3.12. The lowest BCUT2D eigenvalue weighted by Gasteiger charge is -2.26. The van der Waals surface area contributed by atoms with Crippen molar-refractivity contribution in [3.63, 3.8) is 0 Å². The number of benzene rings is 2. The molecule has 0 bridgehead atoms. The second-order valence-corrected chi connectivity index (χ2v) is 9.26. The van der Waals surface area contributed by atoms with Gasteiger partial charge in [-0.2, -0.15) is 5.10 Å². The van der Waals surface area contributed by atoms with Crippen LogP contribution in [0.4, 0.5) is 0 Å². The Kier molecular flexibility index (Phi) is 7.94. The number of aromatic nitrogens is 2. The van der Waals surface area contributed by atoms with Crippen LogP contribution in [0.25, 0.3) is 16.9 Å². The predicted molar refractivity (Wildman–Crippen MR) is 132 cm³/mol. The molecule has 6 nitrogen and oxygen atoms in total. The standard InChI is InChI=1S/C24H25Cl3N4O2/c1-33-15-19-21(14-23(32)29-30-11-3-2-4-12-30)28-31(22-10-9-18(26)13-20(22)27)24(19)16-5-7-17(25)8-6-16/h5-10,13H,2-4,11-12,14-15H2,1H3,(H,29,32). The van der Waals surface area contributed by atoms with Gasteiger partial charge >= 0.3 is 0 Å². The first kappa shape index (κ1) is 24.0. The molecule has 4 rings (SSSR count). The molecule has 0 unspecified atom stereocenters. The predicted octanol–water partition coefficient (Wildman–Crippen LogP) is 5.71. The number of hydrazine groups is 1. The van der Waals surface area contributed by atoms with Crippen molar-refractivity contribution in [3.8, 4) is 16.9 Å². The Hall–Kier alpha value is -2.09. The second kappa shape index (κ2) is 10.9. The van der Waals surface area contributed by atoms with Crippen LogP contribution < -0.4 is 5.43 Å². The molecule has 1 aromatic heterocycles. The zero-order chi connectivity index (χ0) is 23.4. The van der Waals surface area contributed by atoms with E-state index in [4.69, 9.17) is 44.6 Å². The quantitative estimate of drug-likeness (QED) is 0.445. The zero-order valence-corrected chi connectivity index (χ0v) is 20.6. The van der Waals surface area contributed by atoms with E-state index in [9.17, 15) is 4.79 Å². The molecule has 0 spiro atoms. The molecule has 1 fully saturated rings. The topological polar surface area (TPSA) is 59.4 Å². The van der Waals surface area contributed by atoms with Gasteiger partial charge in [0.05, 0.1) is 35.1 Å². The molecule has 2 heterocycles. The molecule has 1 amide bonds. The van der Waals surface area contributed by atoms with Gasteiger partial charge in [0.25, 0.3) is 0 Å². The summed E-state index contributed by atoms with van der Waals surface area (Å²) in [4.78, 5) is 12.9. The molecule has 1 N–H and O–H groups in total. The molecule has 3 aromatic rings. The maximum absolute atomic E-state index is 12.9. The number of hydrogen-bond donors (Lipinski definition) is 1. The number of carbonyl (C=O) groups excluding carboxylic acids is 1. The molecule has 2 aromatic carbocycles. The first-order valence-corrected chi connectivity index (χ1v) is 11.9. The van der Waals surface area contributed by atoms with Crippen LogP contribution in [0.1, 0.15) is 30.5 Å². The fraction of sp³-hybridized carbons (Fsp3) is 0.333. The van der Waals surface area contributed by atoms with Gasteiger partial charge in [-0.3, -0.25) is 10.2 Å². The van der Waals surface area contributed by atoms with Crippen molar-refractivity contribution in [1.29, 1.82) is 0 Å². The first-order valence-electron chi connectivity index (χ1n) is 10.8. The third kappa shape index (κ3) is 5.70. The van der Waals surface area contributed by atoms with E-state index in [2.05, 4.69) is 5.43 Å². The molecule has 0 atom stereocenters. The van der Waals surface area contributed by atoms with Crippen molar-refractivity contribution in [1.82, 2.24) is 20.2 Å². The lowest BCUT2D eigenvalue weighted by molar-refractivity contribution is -0.125. The molecule has 1 saturated heterocycles. The summed E-state index contributed by atoms with van der Waals surface area (Å²) in [6.45, 7) is 2.01. The van der Waals surface area contributed by atoms with Crippen LogP contribution in [0.15, 0.2) is 42.5 Å². The summed E-state index contributed by atoms with van der Waals surface area (Å²) >= 11 is 18.8. The van der Waals surface area contributed by atoms with Crippen molar-refractivity contribution in [3.05, 3.63) is 68.8 Å². The largest absolute Gasteiger partial charge is 0.380 e. The highest BCUT2D eigenvalue weighted by atomic mass is 35.5. The minimum atomic E-state index is -0.108. The molecule has 1 aliphatic rings. The van der Waals surface area contributed by atoms with Crippen molar-refractivity contribution < 1.29 is 9.53 Å². The molecule has 33 heavy (non-hydrogen) atoms. The SMILES string of the molecule is COCc1c(CC(=O)NN2CCCCC2)nn(-c2ccc(Cl)cc2Cl)c1-c1ccc(Cl)cc1. The Morgan fingerprint density at radius 2 is 1.73 bits per heavy atom.